The van der Waals surface area contributed by atoms with E-state index >= 15 is 0 Å². The van der Waals surface area contributed by atoms with Crippen LogP contribution in [0.1, 0.15) is 12.5 Å². The largest absolute Gasteiger partial charge is 0.450 e. The summed E-state index contributed by atoms with van der Waals surface area (Å²) in [6.07, 6.45) is 2.73. The lowest BCUT2D eigenvalue weighted by Gasteiger charge is -2.33. The van der Waals surface area contributed by atoms with Gasteiger partial charge in [-0.2, -0.15) is 0 Å². The summed E-state index contributed by atoms with van der Waals surface area (Å²) in [7, 11) is -2.12. The highest BCUT2D eigenvalue weighted by atomic mass is 32.2. The molecule has 9 heteroatoms. The van der Waals surface area contributed by atoms with Gasteiger partial charge in [-0.3, -0.25) is 4.79 Å². The van der Waals surface area contributed by atoms with E-state index in [4.69, 9.17) is 4.74 Å². The van der Waals surface area contributed by atoms with Crippen molar-refractivity contribution in [2.75, 3.05) is 39.8 Å². The highest BCUT2D eigenvalue weighted by Crippen LogP contribution is 2.12. The van der Waals surface area contributed by atoms with Crippen LogP contribution in [0.5, 0.6) is 0 Å². The zero-order chi connectivity index (χ0) is 19.2. The molecule has 0 radical (unpaired) electrons. The van der Waals surface area contributed by atoms with Crippen LogP contribution in [-0.4, -0.2) is 70.1 Å². The highest BCUT2D eigenvalue weighted by Gasteiger charge is 2.23. The van der Waals surface area contributed by atoms with Crippen LogP contribution in [0.4, 0.5) is 4.79 Å². The van der Waals surface area contributed by atoms with E-state index in [1.807, 2.05) is 0 Å². The van der Waals surface area contributed by atoms with Crippen molar-refractivity contribution in [3.63, 3.8) is 0 Å². The Balaban J connectivity index is 1.91. The summed E-state index contributed by atoms with van der Waals surface area (Å²) in [5.41, 5.74) is 0.721. The first-order chi connectivity index (χ1) is 12.4. The topological polar surface area (TPSA) is 96.0 Å². The third-order valence-corrected chi connectivity index (χ3v) is 5.43. The maximum atomic E-state index is 12.2. The number of carbonyl (C=O) groups excluding carboxylic acids is 2. The van der Waals surface area contributed by atoms with Gasteiger partial charge in [0.1, 0.15) is 0 Å². The van der Waals surface area contributed by atoms with Gasteiger partial charge in [0.2, 0.25) is 15.9 Å². The van der Waals surface area contributed by atoms with Gasteiger partial charge in [-0.15, -0.1) is 0 Å². The molecule has 0 bridgehead atoms. The van der Waals surface area contributed by atoms with Crippen LogP contribution in [0.2, 0.25) is 0 Å². The minimum absolute atomic E-state index is 0.152. The average molecular weight is 381 g/mol. The molecule has 1 aromatic carbocycles. The monoisotopic (exact) mass is 381 g/mol. The van der Waals surface area contributed by atoms with E-state index in [2.05, 4.69) is 4.72 Å². The van der Waals surface area contributed by atoms with Gasteiger partial charge in [-0.05, 0) is 37.7 Å². The van der Waals surface area contributed by atoms with Crippen LogP contribution in [0.3, 0.4) is 0 Å². The number of nitrogens with one attached hydrogen (secondary N) is 1. The molecule has 0 atom stereocenters. The van der Waals surface area contributed by atoms with Crippen molar-refractivity contribution in [1.29, 1.82) is 0 Å². The van der Waals surface area contributed by atoms with Crippen LogP contribution < -0.4 is 4.72 Å². The minimum atomic E-state index is -3.47. The Hall–Kier alpha value is -2.39. The summed E-state index contributed by atoms with van der Waals surface area (Å²) in [4.78, 5) is 27.3. The molecule has 0 unspecified atom stereocenters. The third-order valence-electron chi connectivity index (χ3n) is 3.99. The summed E-state index contributed by atoms with van der Waals surface area (Å²) in [6.45, 7) is 3.85. The van der Waals surface area contributed by atoms with Crippen molar-refractivity contribution in [2.24, 2.45) is 0 Å². The predicted octanol–water partition coefficient (Wildman–Crippen LogP) is 0.909. The number of ether oxygens (including phenoxy) is 1. The molecule has 1 saturated heterocycles. The molecule has 26 heavy (non-hydrogen) atoms. The molecule has 8 nitrogen and oxygen atoms in total. The fraction of sp³-hybridized carbons (Fsp3) is 0.412. The lowest BCUT2D eigenvalue weighted by molar-refractivity contribution is -0.127. The first-order valence-electron chi connectivity index (χ1n) is 8.29. The SMILES string of the molecule is CCOC(=O)N1CCN(C(=O)/C=C/c2ccc(S(=O)(=O)NC)cc2)CC1. The molecule has 142 valence electrons. The van der Waals surface area contributed by atoms with Crippen molar-refractivity contribution >= 4 is 28.1 Å². The molecule has 1 aliphatic rings. The Labute approximate surface area is 153 Å². The smallest absolute Gasteiger partial charge is 0.409 e. The molecule has 1 aliphatic heterocycles. The molecule has 1 N–H and O–H groups in total. The maximum absolute atomic E-state index is 12.2. The molecular weight excluding hydrogens is 358 g/mol. The van der Waals surface area contributed by atoms with Crippen molar-refractivity contribution in [3.05, 3.63) is 35.9 Å². The van der Waals surface area contributed by atoms with E-state index in [-0.39, 0.29) is 16.9 Å². The number of amides is 2. The molecule has 2 rings (SSSR count). The molecule has 1 heterocycles. The van der Waals surface area contributed by atoms with Gasteiger partial charge in [0.15, 0.2) is 0 Å². The summed E-state index contributed by atoms with van der Waals surface area (Å²) in [6, 6.07) is 6.22. The Morgan fingerprint density at radius 2 is 1.69 bits per heavy atom. The van der Waals surface area contributed by atoms with Crippen molar-refractivity contribution in [1.82, 2.24) is 14.5 Å². The molecule has 1 aromatic rings. The van der Waals surface area contributed by atoms with E-state index in [1.165, 1.54) is 25.3 Å². The Bertz CT molecular complexity index is 766. The summed E-state index contributed by atoms with van der Waals surface area (Å²) in [5.74, 6) is -0.152. The number of rotatable bonds is 5. The first kappa shape index (κ1) is 19.9. The molecule has 0 aromatic heterocycles. The quantitative estimate of drug-likeness (QED) is 0.765. The van der Waals surface area contributed by atoms with Crippen LogP contribution >= 0.6 is 0 Å². The van der Waals surface area contributed by atoms with Gasteiger partial charge in [0.05, 0.1) is 11.5 Å². The minimum Gasteiger partial charge on any atom is -0.450 e. The summed E-state index contributed by atoms with van der Waals surface area (Å²) < 4.78 is 30.5. The first-order valence-corrected chi connectivity index (χ1v) is 9.78. The molecule has 0 spiro atoms. The summed E-state index contributed by atoms with van der Waals surface area (Å²) in [5, 5.41) is 0. The van der Waals surface area contributed by atoms with Crippen LogP contribution in [0.15, 0.2) is 35.2 Å². The van der Waals surface area contributed by atoms with E-state index in [1.54, 1.807) is 34.9 Å². The number of hydrogen-bond acceptors (Lipinski definition) is 5. The van der Waals surface area contributed by atoms with E-state index < -0.39 is 10.0 Å². The van der Waals surface area contributed by atoms with E-state index in [0.29, 0.717) is 32.8 Å². The van der Waals surface area contributed by atoms with Crippen molar-refractivity contribution in [3.8, 4) is 0 Å². The molecule has 2 amide bonds. The lowest BCUT2D eigenvalue weighted by atomic mass is 10.2. The third kappa shape index (κ3) is 5.06. The number of sulfonamides is 1. The maximum Gasteiger partial charge on any atom is 0.409 e. The number of nitrogens with zero attached hydrogens (tertiary/aromatic N) is 2. The highest BCUT2D eigenvalue weighted by molar-refractivity contribution is 7.89. The number of benzene rings is 1. The van der Waals surface area contributed by atoms with Gasteiger partial charge in [-0.25, -0.2) is 17.9 Å². The van der Waals surface area contributed by atoms with Crippen molar-refractivity contribution in [2.45, 2.75) is 11.8 Å². The van der Waals surface area contributed by atoms with Gasteiger partial charge < -0.3 is 14.5 Å². The van der Waals surface area contributed by atoms with E-state index in [0.717, 1.165) is 5.56 Å². The fourth-order valence-corrected chi connectivity index (χ4v) is 3.20. The molecule has 0 saturated carbocycles. The number of piperazine rings is 1. The Morgan fingerprint density at radius 1 is 1.12 bits per heavy atom. The average Bonchev–Trinajstić information content (AvgIpc) is 2.66. The zero-order valence-electron chi connectivity index (χ0n) is 14.8. The normalized spacial score (nSPS) is 15.3. The van der Waals surface area contributed by atoms with Gasteiger partial charge in [0, 0.05) is 32.3 Å². The van der Waals surface area contributed by atoms with Crippen LogP contribution in [0.25, 0.3) is 6.08 Å². The fourth-order valence-electron chi connectivity index (χ4n) is 2.47. The second-order valence-corrected chi connectivity index (χ2v) is 7.51. The molecular formula is C17H23N3O5S. The predicted molar refractivity (Wildman–Crippen MR) is 96.9 cm³/mol. The second kappa shape index (κ2) is 8.81. The van der Waals surface area contributed by atoms with Gasteiger partial charge >= 0.3 is 6.09 Å². The lowest BCUT2D eigenvalue weighted by Crippen LogP contribution is -2.50. The van der Waals surface area contributed by atoms with Crippen LogP contribution in [0, 0.1) is 0 Å². The Kier molecular flexibility index (Phi) is 6.76. The van der Waals surface area contributed by atoms with Gasteiger partial charge in [-0.1, -0.05) is 12.1 Å². The van der Waals surface area contributed by atoms with Gasteiger partial charge in [0.25, 0.3) is 0 Å². The standard InChI is InChI=1S/C17H23N3O5S/c1-3-25-17(22)20-12-10-19(11-13-20)16(21)9-6-14-4-7-15(8-5-14)26(23,24)18-2/h4-9,18H,3,10-13H2,1-2H3/b9-6+. The molecule has 1 fully saturated rings. The zero-order valence-corrected chi connectivity index (χ0v) is 15.7. The number of hydrogen-bond donors (Lipinski definition) is 1. The Morgan fingerprint density at radius 3 is 2.23 bits per heavy atom. The summed E-state index contributed by atoms with van der Waals surface area (Å²) >= 11 is 0. The van der Waals surface area contributed by atoms with Crippen molar-refractivity contribution < 1.29 is 22.7 Å². The number of carbonyl (C=O) groups is 2. The molecule has 0 aliphatic carbocycles. The second-order valence-electron chi connectivity index (χ2n) is 5.62. The van der Waals surface area contributed by atoms with Crippen LogP contribution in [-0.2, 0) is 19.6 Å². The van der Waals surface area contributed by atoms with E-state index in [9.17, 15) is 18.0 Å².